The van der Waals surface area contributed by atoms with Gasteiger partial charge in [-0.15, -0.1) is 6.58 Å². The lowest BCUT2D eigenvalue weighted by Gasteiger charge is -2.39. The summed E-state index contributed by atoms with van der Waals surface area (Å²) >= 11 is 6.49. The van der Waals surface area contributed by atoms with Crippen LogP contribution in [0.3, 0.4) is 0 Å². The summed E-state index contributed by atoms with van der Waals surface area (Å²) < 4.78 is 6.22. The van der Waals surface area contributed by atoms with Crippen LogP contribution >= 0.6 is 11.6 Å². The van der Waals surface area contributed by atoms with Gasteiger partial charge in [0, 0.05) is 6.54 Å². The Balaban J connectivity index is 1.86. The fourth-order valence-electron chi connectivity index (χ4n) is 5.99. The maximum atomic E-state index is 14.3. The fourth-order valence-corrected chi connectivity index (χ4v) is 6.32. The summed E-state index contributed by atoms with van der Waals surface area (Å²) in [5, 5.41) is 20.3. The standard InChI is InChI=1S/C24H29ClN2O6/c1-4-11-26(19-13(3)7-6-8-15(19)25)22(30)20-24-10-9-16(33-24)17(23(31)32)18(24)21(29)27(20)14(5-2)12-28/h4,6-8,14,16-18,20,28H,1,5,9-12H2,2-3H3,(H,31,32)/t14-,16-,17+,18+,20-,24+/m0/s1. The molecule has 0 saturated carbocycles. The monoisotopic (exact) mass is 476 g/mol. The van der Waals surface area contributed by atoms with E-state index < -0.39 is 53.4 Å². The maximum absolute atomic E-state index is 14.3. The first-order valence-corrected chi connectivity index (χ1v) is 11.6. The zero-order chi connectivity index (χ0) is 24.1. The van der Waals surface area contributed by atoms with E-state index in [9.17, 15) is 24.6 Å². The number of hydrogen-bond donors (Lipinski definition) is 2. The number of para-hydroxylation sites is 1. The molecule has 1 aromatic rings. The summed E-state index contributed by atoms with van der Waals surface area (Å²) in [5.41, 5.74) is 0.0339. The average molecular weight is 477 g/mol. The number of carbonyl (C=O) groups excluding carboxylic acids is 2. The molecule has 0 unspecified atom stereocenters. The van der Waals surface area contributed by atoms with Crippen molar-refractivity contribution in [1.29, 1.82) is 0 Å². The highest BCUT2D eigenvalue weighted by Gasteiger charge is 2.75. The summed E-state index contributed by atoms with van der Waals surface area (Å²) in [6, 6.07) is 3.60. The summed E-state index contributed by atoms with van der Waals surface area (Å²) in [5.74, 6) is -3.95. The Labute approximate surface area is 197 Å². The van der Waals surface area contributed by atoms with Gasteiger partial charge >= 0.3 is 5.97 Å². The van der Waals surface area contributed by atoms with Crippen molar-refractivity contribution < 1.29 is 29.3 Å². The van der Waals surface area contributed by atoms with Crippen LogP contribution in [0.15, 0.2) is 30.9 Å². The lowest BCUT2D eigenvalue weighted by molar-refractivity contribution is -0.151. The van der Waals surface area contributed by atoms with Crippen LogP contribution in [0.4, 0.5) is 5.69 Å². The van der Waals surface area contributed by atoms with E-state index in [1.165, 1.54) is 9.80 Å². The molecule has 0 aromatic heterocycles. The number of carboxylic acids is 1. The molecule has 33 heavy (non-hydrogen) atoms. The molecule has 2 bridgehead atoms. The number of ether oxygens (including phenoxy) is 1. The number of fused-ring (bicyclic) bond motifs is 1. The number of aliphatic hydroxyl groups excluding tert-OH is 1. The van der Waals surface area contributed by atoms with Gasteiger partial charge < -0.3 is 24.7 Å². The van der Waals surface area contributed by atoms with Gasteiger partial charge in [-0.1, -0.05) is 36.7 Å². The first kappa shape index (κ1) is 23.7. The molecule has 2 amide bonds. The lowest BCUT2D eigenvalue weighted by Crippen LogP contribution is -2.59. The fraction of sp³-hybridized carbons (Fsp3) is 0.542. The summed E-state index contributed by atoms with van der Waals surface area (Å²) in [4.78, 5) is 42.9. The first-order chi connectivity index (χ1) is 15.7. The maximum Gasteiger partial charge on any atom is 0.310 e. The van der Waals surface area contributed by atoms with E-state index >= 15 is 0 Å². The Bertz CT molecular complexity index is 975. The first-order valence-electron chi connectivity index (χ1n) is 11.2. The minimum absolute atomic E-state index is 0.143. The van der Waals surface area contributed by atoms with Gasteiger partial charge in [-0.2, -0.15) is 0 Å². The Morgan fingerprint density at radius 3 is 2.76 bits per heavy atom. The van der Waals surface area contributed by atoms with Crippen LogP contribution in [0.25, 0.3) is 0 Å². The minimum Gasteiger partial charge on any atom is -0.481 e. The van der Waals surface area contributed by atoms with Gasteiger partial charge in [-0.25, -0.2) is 0 Å². The van der Waals surface area contributed by atoms with Gasteiger partial charge in [-0.3, -0.25) is 14.4 Å². The molecule has 3 fully saturated rings. The Hall–Kier alpha value is -2.42. The second-order valence-electron chi connectivity index (χ2n) is 9.03. The molecule has 8 nitrogen and oxygen atoms in total. The van der Waals surface area contributed by atoms with Crippen molar-refractivity contribution >= 4 is 35.1 Å². The zero-order valence-corrected chi connectivity index (χ0v) is 19.5. The third-order valence-electron chi connectivity index (χ3n) is 7.37. The van der Waals surface area contributed by atoms with Gasteiger partial charge in [0.25, 0.3) is 5.91 Å². The van der Waals surface area contributed by atoms with Crippen LogP contribution in [0.2, 0.25) is 5.02 Å². The van der Waals surface area contributed by atoms with E-state index in [1.807, 2.05) is 19.9 Å². The van der Waals surface area contributed by atoms with Crippen LogP contribution in [0.5, 0.6) is 0 Å². The third-order valence-corrected chi connectivity index (χ3v) is 7.67. The van der Waals surface area contributed by atoms with Crippen LogP contribution < -0.4 is 4.90 Å². The van der Waals surface area contributed by atoms with E-state index in [-0.39, 0.29) is 13.2 Å². The molecule has 3 aliphatic rings. The van der Waals surface area contributed by atoms with E-state index in [0.717, 1.165) is 5.56 Å². The molecule has 9 heteroatoms. The predicted molar refractivity (Wildman–Crippen MR) is 122 cm³/mol. The second kappa shape index (κ2) is 8.74. The summed E-state index contributed by atoms with van der Waals surface area (Å²) in [6.07, 6.45) is 2.23. The van der Waals surface area contributed by atoms with Crippen molar-refractivity contribution in [3.05, 3.63) is 41.4 Å². The molecule has 6 atom stereocenters. The smallest absolute Gasteiger partial charge is 0.310 e. The van der Waals surface area contributed by atoms with Crippen molar-refractivity contribution in [2.24, 2.45) is 11.8 Å². The number of aliphatic hydroxyl groups is 1. The largest absolute Gasteiger partial charge is 0.481 e. The SMILES string of the molecule is C=CCN(C(=O)[C@@H]1N([C@@H](CC)CO)C(=O)[C@H]2[C@H](C(=O)O)[C@@H]3CC[C@]12O3)c1c(C)cccc1Cl. The number of halogens is 1. The zero-order valence-electron chi connectivity index (χ0n) is 18.7. The Morgan fingerprint density at radius 2 is 2.18 bits per heavy atom. The highest BCUT2D eigenvalue weighted by molar-refractivity contribution is 6.34. The van der Waals surface area contributed by atoms with Crippen LogP contribution in [-0.4, -0.2) is 69.8 Å². The number of carboxylic acid groups (broad SMARTS) is 1. The molecule has 2 N–H and O–H groups in total. The molecular weight excluding hydrogens is 448 g/mol. The van der Waals surface area contributed by atoms with E-state index in [4.69, 9.17) is 16.3 Å². The molecule has 0 radical (unpaired) electrons. The molecule has 3 saturated heterocycles. The van der Waals surface area contributed by atoms with Gasteiger partial charge in [-0.05, 0) is 37.8 Å². The topological polar surface area (TPSA) is 107 Å². The van der Waals surface area contributed by atoms with Crippen LogP contribution in [-0.2, 0) is 19.1 Å². The number of carbonyl (C=O) groups is 3. The van der Waals surface area contributed by atoms with Gasteiger partial charge in [0.15, 0.2) is 0 Å². The number of nitrogens with zero attached hydrogens (tertiary/aromatic N) is 2. The third kappa shape index (κ3) is 3.38. The number of benzene rings is 1. The minimum atomic E-state index is -1.25. The Morgan fingerprint density at radius 1 is 1.45 bits per heavy atom. The number of anilines is 1. The summed E-state index contributed by atoms with van der Waals surface area (Å²) in [7, 11) is 0. The quantitative estimate of drug-likeness (QED) is 0.558. The van der Waals surface area contributed by atoms with E-state index in [2.05, 4.69) is 6.58 Å². The highest BCUT2D eigenvalue weighted by Crippen LogP contribution is 2.59. The highest BCUT2D eigenvalue weighted by atomic mass is 35.5. The number of amides is 2. The molecule has 0 aliphatic carbocycles. The average Bonchev–Trinajstić information content (AvgIpc) is 3.41. The van der Waals surface area contributed by atoms with Crippen molar-refractivity contribution in [3.8, 4) is 0 Å². The second-order valence-corrected chi connectivity index (χ2v) is 9.43. The van der Waals surface area contributed by atoms with E-state index in [1.54, 1.807) is 18.2 Å². The van der Waals surface area contributed by atoms with E-state index in [0.29, 0.717) is 30.0 Å². The normalized spacial score (nSPS) is 30.9. The molecule has 1 aromatic carbocycles. The molecule has 1 spiro atoms. The summed E-state index contributed by atoms with van der Waals surface area (Å²) in [6.45, 7) is 7.23. The lowest BCUT2D eigenvalue weighted by atomic mass is 9.70. The van der Waals surface area contributed by atoms with Crippen molar-refractivity contribution in [3.63, 3.8) is 0 Å². The van der Waals surface area contributed by atoms with Gasteiger partial charge in [0.05, 0.1) is 41.3 Å². The molecule has 3 aliphatic heterocycles. The van der Waals surface area contributed by atoms with Crippen molar-refractivity contribution in [2.75, 3.05) is 18.1 Å². The number of likely N-dealkylation sites (tertiary alicyclic amines) is 1. The van der Waals surface area contributed by atoms with Gasteiger partial charge in [0.1, 0.15) is 11.6 Å². The van der Waals surface area contributed by atoms with Crippen LogP contribution in [0, 0.1) is 18.8 Å². The van der Waals surface area contributed by atoms with Gasteiger partial charge in [0.2, 0.25) is 5.91 Å². The number of aryl methyl sites for hydroxylation is 1. The molecule has 3 heterocycles. The Kier molecular flexibility index (Phi) is 6.28. The molecular formula is C24H29ClN2O6. The molecule has 4 rings (SSSR count). The number of rotatable bonds is 8. The predicted octanol–water partition coefficient (Wildman–Crippen LogP) is 2.40. The van der Waals surface area contributed by atoms with Crippen molar-refractivity contribution in [1.82, 2.24) is 4.90 Å². The number of aliphatic carboxylic acids is 1. The van der Waals surface area contributed by atoms with Crippen LogP contribution in [0.1, 0.15) is 31.7 Å². The van der Waals surface area contributed by atoms with Crippen molar-refractivity contribution in [2.45, 2.75) is 56.9 Å². The molecule has 178 valence electrons. The number of hydrogen-bond acceptors (Lipinski definition) is 5.